The third kappa shape index (κ3) is 21.6. The zero-order chi connectivity index (χ0) is 51.3. The van der Waals surface area contributed by atoms with Crippen molar-refractivity contribution in [2.24, 2.45) is 0 Å². The van der Waals surface area contributed by atoms with Crippen molar-refractivity contribution >= 4 is 5.91 Å². The van der Waals surface area contributed by atoms with E-state index in [9.17, 15) is 61.0 Å². The maximum absolute atomic E-state index is 13.2. The van der Waals surface area contributed by atoms with Gasteiger partial charge in [0.2, 0.25) is 5.91 Å². The summed E-state index contributed by atoms with van der Waals surface area (Å²) < 4.78 is 34.1. The van der Waals surface area contributed by atoms with E-state index in [0.29, 0.717) is 6.42 Å². The smallest absolute Gasteiger partial charge is 0.220 e. The van der Waals surface area contributed by atoms with E-state index in [1.54, 1.807) is 6.08 Å². The molecule has 19 heteroatoms. The third-order valence-corrected chi connectivity index (χ3v) is 13.5. The quantitative estimate of drug-likeness (QED) is 0.0314. The molecule has 17 atom stereocenters. The standard InChI is InChI=1S/C51H93NO18/c1-3-5-7-9-11-13-14-15-16-17-18-19-21-23-25-27-29-39(57)52-34(35(56)28-26-24-22-20-12-10-8-6-4-2)33-65-49-45(63)42(60)47(37(31-54)67-49)70-51-46(64)43(61)48(38(32-55)68-51)69-50-44(62)41(59)40(58)36(30-53)66-50/h16-17,26,28,34-38,40-51,53-56,58-64H,3-15,18-25,27,29-33H2,1-2H3,(H,52,57)/b17-16-,28-26+. The lowest BCUT2D eigenvalue weighted by molar-refractivity contribution is -0.379. The van der Waals surface area contributed by atoms with Crippen molar-refractivity contribution in [2.75, 3.05) is 26.4 Å². The van der Waals surface area contributed by atoms with Crippen molar-refractivity contribution in [3.63, 3.8) is 0 Å². The molecule has 19 nitrogen and oxygen atoms in total. The van der Waals surface area contributed by atoms with E-state index in [4.69, 9.17) is 28.4 Å². The van der Waals surface area contributed by atoms with Crippen molar-refractivity contribution in [3.05, 3.63) is 24.3 Å². The summed E-state index contributed by atoms with van der Waals surface area (Å²) in [6.45, 7) is 1.64. The highest BCUT2D eigenvalue weighted by molar-refractivity contribution is 5.76. The Morgan fingerprint density at radius 1 is 0.500 bits per heavy atom. The van der Waals surface area contributed by atoms with Crippen LogP contribution in [-0.2, 0) is 33.2 Å². The minimum Gasteiger partial charge on any atom is -0.394 e. The Kier molecular flexibility index (Phi) is 32.4. The van der Waals surface area contributed by atoms with Crippen LogP contribution in [0.5, 0.6) is 0 Å². The monoisotopic (exact) mass is 1010 g/mol. The molecule has 0 aromatic carbocycles. The van der Waals surface area contributed by atoms with Crippen molar-refractivity contribution in [1.82, 2.24) is 5.32 Å². The van der Waals surface area contributed by atoms with Crippen LogP contribution < -0.4 is 5.32 Å². The summed E-state index contributed by atoms with van der Waals surface area (Å²) in [4.78, 5) is 13.2. The molecule has 0 aromatic rings. The number of hydrogen-bond donors (Lipinski definition) is 12. The maximum Gasteiger partial charge on any atom is 0.220 e. The molecule has 0 aliphatic carbocycles. The van der Waals surface area contributed by atoms with Crippen LogP contribution in [0.15, 0.2) is 24.3 Å². The SMILES string of the molecule is CCCCCCCCC/C=C\CCCCCCCC(=O)NC(COC1OC(CO)C(OC2OC(CO)C(OC3OC(CO)C(O)C(O)C3O)C(O)C2O)C(O)C1O)C(O)/C=C/CCCCCCCCC. The Bertz CT molecular complexity index is 1390. The summed E-state index contributed by atoms with van der Waals surface area (Å²) in [6.07, 6.45) is 6.21. The van der Waals surface area contributed by atoms with Gasteiger partial charge in [0, 0.05) is 6.42 Å². The summed E-state index contributed by atoms with van der Waals surface area (Å²) in [6, 6.07) is -0.971. The Hall–Kier alpha value is -1.73. The van der Waals surface area contributed by atoms with E-state index in [1.807, 2.05) is 6.08 Å². The molecule has 17 unspecified atom stereocenters. The number of hydrogen-bond acceptors (Lipinski definition) is 18. The fraction of sp³-hybridized carbons (Fsp3) is 0.902. The molecule has 0 radical (unpaired) electrons. The summed E-state index contributed by atoms with van der Waals surface area (Å²) in [7, 11) is 0. The first kappa shape index (κ1) is 62.6. The van der Waals surface area contributed by atoms with Crippen molar-refractivity contribution in [1.29, 1.82) is 0 Å². The first-order chi connectivity index (χ1) is 33.8. The topological polar surface area (TPSA) is 307 Å². The Morgan fingerprint density at radius 2 is 0.900 bits per heavy atom. The van der Waals surface area contributed by atoms with E-state index in [-0.39, 0.29) is 18.9 Å². The minimum absolute atomic E-state index is 0.234. The number of aliphatic hydroxyl groups is 11. The molecule has 410 valence electrons. The second kappa shape index (κ2) is 36.3. The first-order valence-corrected chi connectivity index (χ1v) is 26.6. The molecule has 3 saturated heterocycles. The Balaban J connectivity index is 1.54. The van der Waals surface area contributed by atoms with Crippen LogP contribution >= 0.6 is 0 Å². The number of carbonyl (C=O) groups excluding carboxylic acids is 1. The molecule has 3 heterocycles. The molecule has 0 saturated carbocycles. The molecular formula is C51H93NO18. The van der Waals surface area contributed by atoms with Gasteiger partial charge in [0.15, 0.2) is 18.9 Å². The van der Waals surface area contributed by atoms with Gasteiger partial charge in [-0.25, -0.2) is 0 Å². The average Bonchev–Trinajstić information content (AvgIpc) is 3.35. The molecular weight excluding hydrogens is 915 g/mol. The average molecular weight is 1010 g/mol. The largest absolute Gasteiger partial charge is 0.394 e. The fourth-order valence-electron chi connectivity index (χ4n) is 9.01. The molecule has 3 aliphatic rings. The lowest BCUT2D eigenvalue weighted by Gasteiger charge is -2.48. The number of rotatable bonds is 37. The summed E-state index contributed by atoms with van der Waals surface area (Å²) in [5, 5.41) is 119. The van der Waals surface area contributed by atoms with Crippen LogP contribution in [-0.4, -0.2) is 193 Å². The first-order valence-electron chi connectivity index (χ1n) is 26.6. The van der Waals surface area contributed by atoms with Crippen LogP contribution in [0, 0.1) is 0 Å². The van der Waals surface area contributed by atoms with Crippen molar-refractivity contribution < 1.29 is 89.4 Å². The number of unbranched alkanes of at least 4 members (excludes halogenated alkanes) is 19. The lowest BCUT2D eigenvalue weighted by atomic mass is 9.96. The van der Waals surface area contributed by atoms with Gasteiger partial charge in [0.1, 0.15) is 73.2 Å². The van der Waals surface area contributed by atoms with Gasteiger partial charge in [-0.2, -0.15) is 0 Å². The number of carbonyl (C=O) groups is 1. The molecule has 3 rings (SSSR count). The van der Waals surface area contributed by atoms with E-state index in [0.717, 1.165) is 64.2 Å². The molecule has 12 N–H and O–H groups in total. The second-order valence-corrected chi connectivity index (χ2v) is 19.3. The summed E-state index contributed by atoms with van der Waals surface area (Å²) in [5.74, 6) is -0.288. The van der Waals surface area contributed by atoms with Crippen LogP contribution in [0.2, 0.25) is 0 Å². The zero-order valence-electron chi connectivity index (χ0n) is 42.0. The van der Waals surface area contributed by atoms with Gasteiger partial charge in [-0.1, -0.05) is 134 Å². The number of amides is 1. The van der Waals surface area contributed by atoms with Gasteiger partial charge in [0.25, 0.3) is 0 Å². The molecule has 3 aliphatic heterocycles. The predicted molar refractivity (Wildman–Crippen MR) is 259 cm³/mol. The number of ether oxygens (including phenoxy) is 6. The molecule has 70 heavy (non-hydrogen) atoms. The summed E-state index contributed by atoms with van der Waals surface area (Å²) in [5.41, 5.74) is 0. The van der Waals surface area contributed by atoms with Crippen LogP contribution in [0.3, 0.4) is 0 Å². The normalized spacial score (nSPS) is 32.7. The third-order valence-electron chi connectivity index (χ3n) is 13.5. The predicted octanol–water partition coefficient (Wildman–Crippen LogP) is 2.42. The van der Waals surface area contributed by atoms with E-state index >= 15 is 0 Å². The molecule has 0 spiro atoms. The fourth-order valence-corrected chi connectivity index (χ4v) is 9.01. The van der Waals surface area contributed by atoms with Crippen molar-refractivity contribution in [2.45, 2.75) is 266 Å². The van der Waals surface area contributed by atoms with Gasteiger partial charge in [-0.3, -0.25) is 4.79 Å². The van der Waals surface area contributed by atoms with E-state index in [2.05, 4.69) is 31.3 Å². The summed E-state index contributed by atoms with van der Waals surface area (Å²) >= 11 is 0. The Labute approximate surface area is 416 Å². The highest BCUT2D eigenvalue weighted by Gasteiger charge is 2.53. The van der Waals surface area contributed by atoms with Gasteiger partial charge in [0.05, 0.1) is 38.6 Å². The van der Waals surface area contributed by atoms with Gasteiger partial charge < -0.3 is 89.9 Å². The minimum atomic E-state index is -1.98. The van der Waals surface area contributed by atoms with Crippen LogP contribution in [0.25, 0.3) is 0 Å². The van der Waals surface area contributed by atoms with Gasteiger partial charge >= 0.3 is 0 Å². The lowest BCUT2D eigenvalue weighted by Crippen LogP contribution is -2.66. The molecule has 0 bridgehead atoms. The van der Waals surface area contributed by atoms with Gasteiger partial charge in [-0.15, -0.1) is 0 Å². The highest BCUT2D eigenvalue weighted by atomic mass is 16.8. The van der Waals surface area contributed by atoms with Crippen LogP contribution in [0.4, 0.5) is 0 Å². The molecule has 1 amide bonds. The Morgan fingerprint density at radius 3 is 1.39 bits per heavy atom. The maximum atomic E-state index is 13.2. The van der Waals surface area contributed by atoms with E-state index < -0.39 is 124 Å². The van der Waals surface area contributed by atoms with Crippen molar-refractivity contribution in [3.8, 4) is 0 Å². The number of allylic oxidation sites excluding steroid dienone is 3. The highest BCUT2D eigenvalue weighted by Crippen LogP contribution is 2.33. The molecule has 3 fully saturated rings. The second-order valence-electron chi connectivity index (χ2n) is 19.3. The molecule has 0 aromatic heterocycles. The number of aliphatic hydroxyl groups excluding tert-OH is 11. The van der Waals surface area contributed by atoms with E-state index in [1.165, 1.54) is 70.6 Å². The zero-order valence-corrected chi connectivity index (χ0v) is 42.0. The van der Waals surface area contributed by atoms with Crippen LogP contribution in [0.1, 0.15) is 162 Å². The van der Waals surface area contributed by atoms with Gasteiger partial charge in [-0.05, 0) is 44.9 Å². The number of nitrogens with one attached hydrogen (secondary N) is 1.